The largest absolute Gasteiger partial charge is 0.379 e. The third-order valence-corrected chi connectivity index (χ3v) is 7.51. The maximum atomic E-state index is 12.7. The zero-order valence-corrected chi connectivity index (χ0v) is 18.6. The molecule has 31 heavy (non-hydrogen) atoms. The minimum atomic E-state index is -3.57. The van der Waals surface area contributed by atoms with Gasteiger partial charge in [-0.05, 0) is 49.1 Å². The number of fused-ring (bicyclic) bond motifs is 1. The predicted molar refractivity (Wildman–Crippen MR) is 116 cm³/mol. The van der Waals surface area contributed by atoms with Gasteiger partial charge in [0.25, 0.3) is 5.91 Å². The van der Waals surface area contributed by atoms with Gasteiger partial charge in [0.15, 0.2) is 0 Å². The van der Waals surface area contributed by atoms with Crippen molar-refractivity contribution in [2.45, 2.75) is 30.2 Å². The number of aryl methyl sites for hydroxylation is 1. The van der Waals surface area contributed by atoms with Crippen LogP contribution in [-0.2, 0) is 27.6 Å². The van der Waals surface area contributed by atoms with Crippen LogP contribution in [0.3, 0.4) is 0 Å². The number of sulfonamides is 1. The van der Waals surface area contributed by atoms with E-state index < -0.39 is 10.0 Å². The van der Waals surface area contributed by atoms with Crippen molar-refractivity contribution in [3.8, 4) is 0 Å². The summed E-state index contributed by atoms with van der Waals surface area (Å²) < 4.78 is 32.1. The molecule has 1 N–H and O–H groups in total. The van der Waals surface area contributed by atoms with Crippen LogP contribution in [0.4, 0.5) is 5.95 Å². The molecule has 2 heterocycles. The van der Waals surface area contributed by atoms with E-state index in [4.69, 9.17) is 4.74 Å². The molecular formula is C21H27N5O4S. The van der Waals surface area contributed by atoms with Crippen LogP contribution in [0.15, 0.2) is 35.4 Å². The number of carbonyl (C=O) groups excluding carboxylic acids is 1. The Morgan fingerprint density at radius 1 is 1.19 bits per heavy atom. The zero-order chi connectivity index (χ0) is 22.0. The number of nitrogens with zero attached hydrogens (tertiary/aromatic N) is 4. The first-order valence-corrected chi connectivity index (χ1v) is 11.8. The van der Waals surface area contributed by atoms with Gasteiger partial charge in [-0.2, -0.15) is 4.31 Å². The summed E-state index contributed by atoms with van der Waals surface area (Å²) >= 11 is 0. The highest BCUT2D eigenvalue weighted by molar-refractivity contribution is 7.89. The molecule has 0 spiro atoms. The average molecular weight is 446 g/mol. The van der Waals surface area contributed by atoms with E-state index >= 15 is 0 Å². The number of amides is 1. The lowest BCUT2D eigenvalue weighted by molar-refractivity contribution is 0.0730. The molecule has 1 atom stereocenters. The summed E-state index contributed by atoms with van der Waals surface area (Å²) in [7, 11) is 0.245. The highest BCUT2D eigenvalue weighted by Gasteiger charge is 2.27. The number of nitrogens with one attached hydrogen (secondary N) is 1. The summed E-state index contributed by atoms with van der Waals surface area (Å²) in [6, 6.07) is 6.10. The Kier molecular flexibility index (Phi) is 6.22. The topological polar surface area (TPSA) is 105 Å². The van der Waals surface area contributed by atoms with Gasteiger partial charge < -0.3 is 15.0 Å². The van der Waals surface area contributed by atoms with Crippen LogP contribution in [0.2, 0.25) is 0 Å². The van der Waals surface area contributed by atoms with Crippen LogP contribution < -0.4 is 10.2 Å². The molecule has 1 saturated heterocycles. The number of anilines is 1. The van der Waals surface area contributed by atoms with E-state index in [0.717, 1.165) is 24.1 Å². The van der Waals surface area contributed by atoms with E-state index in [9.17, 15) is 13.2 Å². The fourth-order valence-electron chi connectivity index (χ4n) is 3.82. The fraction of sp³-hybridized carbons (Fsp3) is 0.476. The third-order valence-electron chi connectivity index (χ3n) is 5.60. The second-order valence-electron chi connectivity index (χ2n) is 7.99. The number of rotatable bonds is 5. The second kappa shape index (κ2) is 8.89. The first-order chi connectivity index (χ1) is 14.8. The van der Waals surface area contributed by atoms with E-state index in [0.29, 0.717) is 44.2 Å². The number of aromatic nitrogens is 2. The molecule has 1 aromatic heterocycles. The summed E-state index contributed by atoms with van der Waals surface area (Å²) in [5, 5.41) is 3.05. The van der Waals surface area contributed by atoms with Crippen molar-refractivity contribution in [2.75, 3.05) is 45.3 Å². The SMILES string of the molecule is CN(C)c1ncc2c(n1)CC[C@@H](NC(=O)c1ccc(S(=O)(=O)N3CCOCC3)cc1)C2. The van der Waals surface area contributed by atoms with Gasteiger partial charge in [-0.15, -0.1) is 0 Å². The molecule has 2 aromatic rings. The minimum absolute atomic E-state index is 0.00874. The number of hydrogen-bond acceptors (Lipinski definition) is 7. The molecule has 0 saturated carbocycles. The number of hydrogen-bond donors (Lipinski definition) is 1. The number of carbonyl (C=O) groups is 1. The Labute approximate surface area is 182 Å². The average Bonchev–Trinajstić information content (AvgIpc) is 2.79. The monoisotopic (exact) mass is 445 g/mol. The summed E-state index contributed by atoms with van der Waals surface area (Å²) in [5.41, 5.74) is 2.52. The van der Waals surface area contributed by atoms with Gasteiger partial charge in [-0.3, -0.25) is 4.79 Å². The fourth-order valence-corrected chi connectivity index (χ4v) is 5.23. The molecule has 0 radical (unpaired) electrons. The Morgan fingerprint density at radius 2 is 1.90 bits per heavy atom. The van der Waals surface area contributed by atoms with Gasteiger partial charge in [0.05, 0.1) is 18.1 Å². The van der Waals surface area contributed by atoms with E-state index in [2.05, 4.69) is 15.3 Å². The molecule has 2 aliphatic rings. The highest BCUT2D eigenvalue weighted by atomic mass is 32.2. The highest BCUT2D eigenvalue weighted by Crippen LogP contribution is 2.22. The van der Waals surface area contributed by atoms with Crippen LogP contribution >= 0.6 is 0 Å². The van der Waals surface area contributed by atoms with Crippen molar-refractivity contribution in [1.29, 1.82) is 0 Å². The molecular weight excluding hydrogens is 418 g/mol. The van der Waals surface area contributed by atoms with Gasteiger partial charge in [0, 0.05) is 50.7 Å². The second-order valence-corrected chi connectivity index (χ2v) is 9.93. The Balaban J connectivity index is 1.40. The molecule has 9 nitrogen and oxygen atoms in total. The molecule has 1 aliphatic carbocycles. The molecule has 10 heteroatoms. The van der Waals surface area contributed by atoms with Crippen molar-refractivity contribution < 1.29 is 17.9 Å². The molecule has 1 amide bonds. The minimum Gasteiger partial charge on any atom is -0.379 e. The molecule has 0 unspecified atom stereocenters. The Morgan fingerprint density at radius 3 is 2.58 bits per heavy atom. The van der Waals surface area contributed by atoms with Gasteiger partial charge >= 0.3 is 0 Å². The zero-order valence-electron chi connectivity index (χ0n) is 17.7. The molecule has 166 valence electrons. The Bertz CT molecular complexity index is 1050. The molecule has 1 fully saturated rings. The summed E-state index contributed by atoms with van der Waals surface area (Å²) in [4.78, 5) is 23.7. The normalized spacial score (nSPS) is 19.5. The summed E-state index contributed by atoms with van der Waals surface area (Å²) in [5.74, 6) is 0.475. The first-order valence-electron chi connectivity index (χ1n) is 10.4. The van der Waals surface area contributed by atoms with Crippen LogP contribution in [0.5, 0.6) is 0 Å². The number of benzene rings is 1. The predicted octanol–water partition coefficient (Wildman–Crippen LogP) is 0.851. The maximum absolute atomic E-state index is 12.7. The number of morpholine rings is 1. The molecule has 0 bridgehead atoms. The first kappa shape index (κ1) is 21.7. The van der Waals surface area contributed by atoms with Gasteiger partial charge in [0.1, 0.15) is 0 Å². The van der Waals surface area contributed by atoms with Crippen molar-refractivity contribution in [3.05, 3.63) is 47.3 Å². The van der Waals surface area contributed by atoms with Crippen LogP contribution in [0.25, 0.3) is 0 Å². The van der Waals surface area contributed by atoms with E-state index in [-0.39, 0.29) is 16.8 Å². The summed E-state index contributed by atoms with van der Waals surface area (Å²) in [6.45, 7) is 1.47. The van der Waals surface area contributed by atoms with Crippen LogP contribution in [0.1, 0.15) is 28.0 Å². The number of ether oxygens (including phenoxy) is 1. The Hall–Kier alpha value is -2.56. The smallest absolute Gasteiger partial charge is 0.251 e. The van der Waals surface area contributed by atoms with Crippen molar-refractivity contribution in [3.63, 3.8) is 0 Å². The maximum Gasteiger partial charge on any atom is 0.251 e. The lowest BCUT2D eigenvalue weighted by Gasteiger charge is -2.26. The van der Waals surface area contributed by atoms with E-state index in [1.807, 2.05) is 25.2 Å². The molecule has 4 rings (SSSR count). The van der Waals surface area contributed by atoms with E-state index in [1.54, 1.807) is 12.1 Å². The molecule has 1 aliphatic heterocycles. The van der Waals surface area contributed by atoms with Gasteiger partial charge in [-0.1, -0.05) is 0 Å². The van der Waals surface area contributed by atoms with Crippen molar-refractivity contribution in [2.24, 2.45) is 0 Å². The van der Waals surface area contributed by atoms with Gasteiger partial charge in [0.2, 0.25) is 16.0 Å². The van der Waals surface area contributed by atoms with Crippen LogP contribution in [-0.4, -0.2) is 75.0 Å². The van der Waals surface area contributed by atoms with Crippen molar-refractivity contribution in [1.82, 2.24) is 19.6 Å². The van der Waals surface area contributed by atoms with Gasteiger partial charge in [-0.25, -0.2) is 18.4 Å². The van der Waals surface area contributed by atoms with Crippen LogP contribution in [0, 0.1) is 0 Å². The standard InChI is InChI=1S/C21H27N5O4S/c1-25(2)21-22-14-16-13-17(5-8-19(16)24-21)23-20(27)15-3-6-18(7-4-15)31(28,29)26-9-11-30-12-10-26/h3-4,6-7,14,17H,5,8-13H2,1-2H3,(H,23,27)/t17-/m1/s1. The third kappa shape index (κ3) is 4.70. The van der Waals surface area contributed by atoms with Crippen molar-refractivity contribution >= 4 is 21.9 Å². The van der Waals surface area contributed by atoms with E-state index in [1.165, 1.54) is 16.4 Å². The lowest BCUT2D eigenvalue weighted by atomic mass is 9.92. The quantitative estimate of drug-likeness (QED) is 0.727. The summed E-state index contributed by atoms with van der Waals surface area (Å²) in [6.07, 6.45) is 4.09. The molecule has 1 aromatic carbocycles. The lowest BCUT2D eigenvalue weighted by Crippen LogP contribution is -2.40.